The lowest BCUT2D eigenvalue weighted by Gasteiger charge is -2.27. The van der Waals surface area contributed by atoms with Crippen molar-refractivity contribution in [2.24, 2.45) is 5.92 Å². The summed E-state index contributed by atoms with van der Waals surface area (Å²) in [6.45, 7) is 0.338. The minimum atomic E-state index is -0.317. The number of hydrogen-bond donors (Lipinski definition) is 3. The number of aromatic hydroxyl groups is 1. The van der Waals surface area contributed by atoms with E-state index in [1.165, 1.54) is 6.07 Å². The van der Waals surface area contributed by atoms with E-state index in [4.69, 9.17) is 4.74 Å². The third kappa shape index (κ3) is 4.13. The van der Waals surface area contributed by atoms with Gasteiger partial charge in [0.15, 0.2) is 18.1 Å². The van der Waals surface area contributed by atoms with E-state index >= 15 is 0 Å². The van der Waals surface area contributed by atoms with E-state index in [0.29, 0.717) is 12.3 Å². The molecule has 110 valence electrons. The van der Waals surface area contributed by atoms with E-state index in [-0.39, 0.29) is 30.3 Å². The van der Waals surface area contributed by atoms with Gasteiger partial charge in [0.25, 0.3) is 5.91 Å². The Morgan fingerprint density at radius 2 is 2.05 bits per heavy atom. The molecule has 1 aliphatic carbocycles. The fraction of sp³-hybridized carbons (Fsp3) is 0.533. The summed E-state index contributed by atoms with van der Waals surface area (Å²) >= 11 is 0. The molecule has 3 N–H and O–H groups in total. The van der Waals surface area contributed by atoms with Crippen molar-refractivity contribution in [1.29, 1.82) is 0 Å². The van der Waals surface area contributed by atoms with Crippen LogP contribution < -0.4 is 10.1 Å². The summed E-state index contributed by atoms with van der Waals surface area (Å²) in [5.41, 5.74) is 0. The van der Waals surface area contributed by atoms with Crippen molar-refractivity contribution in [2.45, 2.75) is 31.8 Å². The number of rotatable bonds is 5. The predicted octanol–water partition coefficient (Wildman–Crippen LogP) is 1.44. The van der Waals surface area contributed by atoms with E-state index in [1.807, 2.05) is 0 Å². The minimum Gasteiger partial charge on any atom is -0.504 e. The third-order valence-electron chi connectivity index (χ3n) is 3.65. The molecular weight excluding hydrogens is 258 g/mol. The fourth-order valence-corrected chi connectivity index (χ4v) is 2.44. The van der Waals surface area contributed by atoms with Gasteiger partial charge >= 0.3 is 0 Å². The number of para-hydroxylation sites is 2. The SMILES string of the molecule is O=C(COc1ccccc1O)NCC1CCCCC1O. The Hall–Kier alpha value is -1.75. The van der Waals surface area contributed by atoms with E-state index in [0.717, 1.165) is 25.7 Å². The monoisotopic (exact) mass is 279 g/mol. The Bertz CT molecular complexity index is 449. The molecule has 0 radical (unpaired) electrons. The van der Waals surface area contributed by atoms with Gasteiger partial charge in [0.1, 0.15) is 0 Å². The number of hydrogen-bond acceptors (Lipinski definition) is 4. The molecule has 1 aliphatic rings. The molecule has 0 spiro atoms. The van der Waals surface area contributed by atoms with E-state index in [9.17, 15) is 15.0 Å². The lowest BCUT2D eigenvalue weighted by atomic mass is 9.86. The standard InChI is InChI=1S/C15H21NO4/c17-12-6-2-1-5-11(12)9-16-15(19)10-20-14-8-4-3-7-13(14)18/h3-4,7-8,11-12,17-18H,1-2,5-6,9-10H2,(H,16,19). The first-order chi connectivity index (χ1) is 9.66. The molecule has 2 unspecified atom stereocenters. The molecule has 0 aliphatic heterocycles. The van der Waals surface area contributed by atoms with E-state index in [2.05, 4.69) is 5.32 Å². The van der Waals surface area contributed by atoms with Crippen molar-refractivity contribution >= 4 is 5.91 Å². The molecule has 0 heterocycles. The first-order valence-corrected chi connectivity index (χ1v) is 7.02. The Morgan fingerprint density at radius 3 is 2.80 bits per heavy atom. The van der Waals surface area contributed by atoms with Gasteiger partial charge < -0.3 is 20.3 Å². The Morgan fingerprint density at radius 1 is 1.30 bits per heavy atom. The molecule has 0 bridgehead atoms. The number of phenols is 1. The number of carbonyl (C=O) groups excluding carboxylic acids is 1. The quantitative estimate of drug-likeness (QED) is 0.762. The number of phenolic OH excluding ortho intramolecular Hbond substituents is 1. The number of benzene rings is 1. The van der Waals surface area contributed by atoms with Crippen molar-refractivity contribution in [1.82, 2.24) is 5.32 Å². The summed E-state index contributed by atoms with van der Waals surface area (Å²) in [4.78, 5) is 11.7. The molecule has 0 aromatic heterocycles. The van der Waals surface area contributed by atoms with Crippen molar-refractivity contribution < 1.29 is 19.7 Å². The Labute approximate surface area is 118 Å². The average Bonchev–Trinajstić information content (AvgIpc) is 2.45. The van der Waals surface area contributed by atoms with Gasteiger partial charge in [0.05, 0.1) is 6.10 Å². The zero-order chi connectivity index (χ0) is 14.4. The van der Waals surface area contributed by atoms with Crippen molar-refractivity contribution in [3.63, 3.8) is 0 Å². The first kappa shape index (κ1) is 14.7. The number of nitrogens with one attached hydrogen (secondary N) is 1. The number of carbonyl (C=O) groups is 1. The molecule has 1 saturated carbocycles. The predicted molar refractivity (Wildman–Crippen MR) is 74.6 cm³/mol. The third-order valence-corrected chi connectivity index (χ3v) is 3.65. The summed E-state index contributed by atoms with van der Waals surface area (Å²) in [5.74, 6) is 0.201. The summed E-state index contributed by atoms with van der Waals surface area (Å²) in [6, 6.07) is 6.52. The van der Waals surface area contributed by atoms with Gasteiger partial charge in [-0.25, -0.2) is 0 Å². The highest BCUT2D eigenvalue weighted by atomic mass is 16.5. The molecule has 5 heteroatoms. The normalized spacial score (nSPS) is 22.2. The Kier molecular flexibility index (Phi) is 5.24. The lowest BCUT2D eigenvalue weighted by molar-refractivity contribution is -0.123. The smallest absolute Gasteiger partial charge is 0.257 e. The van der Waals surface area contributed by atoms with Crippen molar-refractivity contribution in [2.75, 3.05) is 13.2 Å². The molecule has 2 rings (SSSR count). The number of amides is 1. The van der Waals surface area contributed by atoms with Crippen LogP contribution in [0.2, 0.25) is 0 Å². The second kappa shape index (κ2) is 7.14. The highest BCUT2D eigenvalue weighted by Gasteiger charge is 2.23. The average molecular weight is 279 g/mol. The van der Waals surface area contributed by atoms with Gasteiger partial charge in [-0.05, 0) is 25.0 Å². The van der Waals surface area contributed by atoms with Gasteiger partial charge in [-0.1, -0.05) is 25.0 Å². The van der Waals surface area contributed by atoms with Gasteiger partial charge in [-0.2, -0.15) is 0 Å². The van der Waals surface area contributed by atoms with Crippen LogP contribution in [0.15, 0.2) is 24.3 Å². The first-order valence-electron chi connectivity index (χ1n) is 7.02. The summed E-state index contributed by atoms with van der Waals surface area (Å²) < 4.78 is 5.24. The molecule has 5 nitrogen and oxygen atoms in total. The largest absolute Gasteiger partial charge is 0.504 e. The molecule has 1 amide bonds. The second-order valence-electron chi connectivity index (χ2n) is 5.17. The van der Waals surface area contributed by atoms with E-state index < -0.39 is 0 Å². The van der Waals surface area contributed by atoms with Gasteiger partial charge in [0.2, 0.25) is 0 Å². The Balaban J connectivity index is 1.71. The maximum absolute atomic E-state index is 11.7. The van der Waals surface area contributed by atoms with Crippen LogP contribution in [0.25, 0.3) is 0 Å². The topological polar surface area (TPSA) is 78.8 Å². The summed E-state index contributed by atoms with van der Waals surface area (Å²) in [6.07, 6.45) is 3.60. The van der Waals surface area contributed by atoms with Crippen LogP contribution in [-0.4, -0.2) is 35.4 Å². The molecular formula is C15H21NO4. The number of aliphatic hydroxyl groups excluding tert-OH is 1. The summed E-state index contributed by atoms with van der Waals surface area (Å²) in [7, 11) is 0. The molecule has 0 saturated heterocycles. The van der Waals surface area contributed by atoms with Gasteiger partial charge in [-0.3, -0.25) is 4.79 Å². The van der Waals surface area contributed by atoms with Gasteiger partial charge in [0, 0.05) is 12.5 Å². The summed E-state index contributed by atoms with van der Waals surface area (Å²) in [5, 5.41) is 22.1. The fourth-order valence-electron chi connectivity index (χ4n) is 2.44. The molecule has 1 aromatic carbocycles. The zero-order valence-electron chi connectivity index (χ0n) is 11.4. The second-order valence-corrected chi connectivity index (χ2v) is 5.17. The number of aliphatic hydroxyl groups is 1. The van der Waals surface area contributed by atoms with Crippen LogP contribution in [0.3, 0.4) is 0 Å². The molecule has 2 atom stereocenters. The lowest BCUT2D eigenvalue weighted by Crippen LogP contribution is -2.38. The molecule has 1 aromatic rings. The highest BCUT2D eigenvalue weighted by Crippen LogP contribution is 2.24. The van der Waals surface area contributed by atoms with Crippen molar-refractivity contribution in [3.05, 3.63) is 24.3 Å². The van der Waals surface area contributed by atoms with Crippen LogP contribution in [-0.2, 0) is 4.79 Å². The van der Waals surface area contributed by atoms with Crippen LogP contribution in [0.4, 0.5) is 0 Å². The number of ether oxygens (including phenoxy) is 1. The molecule has 1 fully saturated rings. The maximum Gasteiger partial charge on any atom is 0.257 e. The van der Waals surface area contributed by atoms with Gasteiger partial charge in [-0.15, -0.1) is 0 Å². The maximum atomic E-state index is 11.7. The van der Waals surface area contributed by atoms with E-state index in [1.54, 1.807) is 18.2 Å². The van der Waals surface area contributed by atoms with Crippen LogP contribution >= 0.6 is 0 Å². The van der Waals surface area contributed by atoms with Crippen molar-refractivity contribution in [3.8, 4) is 11.5 Å². The van der Waals surface area contributed by atoms with Crippen LogP contribution in [0.1, 0.15) is 25.7 Å². The van der Waals surface area contributed by atoms with Crippen LogP contribution in [0, 0.1) is 5.92 Å². The minimum absolute atomic E-state index is 0.0167. The zero-order valence-corrected chi connectivity index (χ0v) is 11.4. The molecule has 20 heavy (non-hydrogen) atoms. The van der Waals surface area contributed by atoms with Crippen LogP contribution in [0.5, 0.6) is 11.5 Å². The highest BCUT2D eigenvalue weighted by molar-refractivity contribution is 5.77.